The molecular weight excluding hydrogens is 673 g/mol. The van der Waals surface area contributed by atoms with Crippen molar-refractivity contribution < 1.29 is 66.7 Å². The number of halogens is 3. The number of carbonyl (C=O) groups excluding carboxylic acids is 3. The second-order valence-electron chi connectivity index (χ2n) is 10.7. The molecule has 1 aliphatic rings. The Morgan fingerprint density at radius 2 is 1.54 bits per heavy atom. The average molecular weight is 707 g/mol. The Labute approximate surface area is 282 Å². The number of pyridine rings is 1. The lowest BCUT2D eigenvalue weighted by Gasteiger charge is -2.35. The van der Waals surface area contributed by atoms with Gasteiger partial charge in [0, 0.05) is 44.2 Å². The summed E-state index contributed by atoms with van der Waals surface area (Å²) in [6, 6.07) is 12.9. The number of hydrogen-bond donors (Lipinski definition) is 4. The Morgan fingerprint density at radius 3 is 2.12 bits per heavy atom. The summed E-state index contributed by atoms with van der Waals surface area (Å²) in [4.78, 5) is 77.5. The van der Waals surface area contributed by atoms with Crippen LogP contribution in [0.4, 0.5) is 18.0 Å². The quantitative estimate of drug-likeness (QED) is 0.222. The van der Waals surface area contributed by atoms with Crippen molar-refractivity contribution in [1.82, 2.24) is 20.1 Å². The maximum atomic E-state index is 13.1. The topological polar surface area (TPSA) is 213 Å². The number of amides is 3. The average Bonchev–Trinajstić information content (AvgIpc) is 3.07. The van der Waals surface area contributed by atoms with Crippen LogP contribution in [0.1, 0.15) is 39.8 Å². The number of piperazine rings is 1. The van der Waals surface area contributed by atoms with Crippen LogP contribution in [0.25, 0.3) is 10.9 Å². The largest absolute Gasteiger partial charge is 0.490 e. The number of aryl methyl sites for hydroxylation is 1. The van der Waals surface area contributed by atoms with E-state index in [1.807, 2.05) is 0 Å². The van der Waals surface area contributed by atoms with Crippen molar-refractivity contribution in [2.24, 2.45) is 5.92 Å². The van der Waals surface area contributed by atoms with Gasteiger partial charge in [0.25, 0.3) is 5.91 Å². The first-order chi connectivity index (χ1) is 23.5. The molecule has 3 amide bonds. The minimum absolute atomic E-state index is 0.00553. The maximum absolute atomic E-state index is 13.1. The summed E-state index contributed by atoms with van der Waals surface area (Å²) in [5.74, 6) is -7.19. The van der Waals surface area contributed by atoms with Crippen molar-refractivity contribution in [2.45, 2.75) is 26.4 Å². The number of aromatic carboxylic acids is 1. The molecule has 15 nitrogen and oxygen atoms in total. The lowest BCUT2D eigenvalue weighted by molar-refractivity contribution is -0.192. The van der Waals surface area contributed by atoms with Gasteiger partial charge in [0.1, 0.15) is 23.1 Å². The van der Waals surface area contributed by atoms with Crippen LogP contribution in [-0.2, 0) is 19.1 Å². The minimum atomic E-state index is -5.08. The standard InChI is InChI=1S/C30H32N4O9.C2HF3O2/c1-3-42-30(41)34-14-12-33(13-15-34)27(36)21(29(39)40)10-11-31-26(35)23-17-25(20-6-4-5-7-22(20)32-23)43-24-16-19(28(37)38)9-8-18(24)2;3-2(4,5)1(6)7/h4-9,16-17,21H,3,10-15H2,1-2H3,(H,31,35)(H,37,38)(H,39,40);(H,6,7). The zero-order valence-corrected chi connectivity index (χ0v) is 26.7. The van der Waals surface area contributed by atoms with E-state index in [0.29, 0.717) is 22.2 Å². The Balaban J connectivity index is 0.000000872. The number of nitrogens with one attached hydrogen (secondary N) is 1. The van der Waals surface area contributed by atoms with Gasteiger partial charge in [-0.1, -0.05) is 18.2 Å². The molecular formula is C32H33F3N4O11. The third-order valence-electron chi connectivity index (χ3n) is 7.24. The highest BCUT2D eigenvalue weighted by molar-refractivity contribution is 5.98. The fraction of sp³-hybridized carbons (Fsp3) is 0.344. The van der Waals surface area contributed by atoms with Crippen LogP contribution in [-0.4, -0.2) is 111 Å². The van der Waals surface area contributed by atoms with Crippen LogP contribution in [0.3, 0.4) is 0 Å². The van der Waals surface area contributed by atoms with Crippen molar-refractivity contribution >= 4 is 46.7 Å². The van der Waals surface area contributed by atoms with Crippen LogP contribution in [0, 0.1) is 12.8 Å². The Morgan fingerprint density at radius 1 is 0.920 bits per heavy atom. The number of aromatic nitrogens is 1. The molecule has 0 radical (unpaired) electrons. The van der Waals surface area contributed by atoms with E-state index in [-0.39, 0.29) is 62.8 Å². The molecule has 1 aromatic heterocycles. The highest BCUT2D eigenvalue weighted by Gasteiger charge is 2.38. The van der Waals surface area contributed by atoms with Gasteiger partial charge >= 0.3 is 30.2 Å². The Bertz CT molecular complexity index is 1760. The Kier molecular flexibility index (Phi) is 13.0. The van der Waals surface area contributed by atoms with Gasteiger partial charge in [0.15, 0.2) is 0 Å². The van der Waals surface area contributed by atoms with Gasteiger partial charge in [0.2, 0.25) is 5.91 Å². The number of para-hydroxylation sites is 1. The molecule has 1 atom stereocenters. The summed E-state index contributed by atoms with van der Waals surface area (Å²) in [5, 5.41) is 29.4. The molecule has 4 N–H and O–H groups in total. The third-order valence-corrected chi connectivity index (χ3v) is 7.24. The first-order valence-electron chi connectivity index (χ1n) is 15.0. The van der Waals surface area contributed by atoms with Crippen LogP contribution < -0.4 is 10.1 Å². The summed E-state index contributed by atoms with van der Waals surface area (Å²) in [7, 11) is 0. The highest BCUT2D eigenvalue weighted by atomic mass is 19.4. The maximum Gasteiger partial charge on any atom is 0.490 e. The van der Waals surface area contributed by atoms with Crippen molar-refractivity contribution in [3.63, 3.8) is 0 Å². The van der Waals surface area contributed by atoms with E-state index < -0.39 is 47.9 Å². The molecule has 18 heteroatoms. The van der Waals surface area contributed by atoms with Gasteiger partial charge in [-0.05, 0) is 50.1 Å². The number of carboxylic acids is 3. The summed E-state index contributed by atoms with van der Waals surface area (Å²) in [6.07, 6.45) is -5.72. The summed E-state index contributed by atoms with van der Waals surface area (Å²) in [6.45, 7) is 4.37. The van der Waals surface area contributed by atoms with E-state index in [9.17, 15) is 47.4 Å². The number of benzene rings is 2. The normalized spacial score (nSPS) is 13.4. The number of carboxylic acid groups (broad SMARTS) is 3. The SMILES string of the molecule is CCOC(=O)N1CCN(C(=O)C(CCNC(=O)c2cc(Oc3cc(C(=O)O)ccc3C)c3ccccc3n2)C(=O)O)CC1.O=C(O)C(F)(F)F. The number of rotatable bonds is 10. The van der Waals surface area contributed by atoms with Crippen LogP contribution in [0.15, 0.2) is 48.5 Å². The monoisotopic (exact) mass is 706 g/mol. The van der Waals surface area contributed by atoms with Crippen molar-refractivity contribution in [2.75, 3.05) is 39.3 Å². The predicted octanol–water partition coefficient (Wildman–Crippen LogP) is 3.79. The molecule has 1 fully saturated rings. The van der Waals surface area contributed by atoms with E-state index in [1.165, 1.54) is 28.0 Å². The van der Waals surface area contributed by atoms with Gasteiger partial charge in [-0.2, -0.15) is 13.2 Å². The summed E-state index contributed by atoms with van der Waals surface area (Å²) < 4.78 is 42.8. The molecule has 0 aliphatic carbocycles. The lowest BCUT2D eigenvalue weighted by atomic mass is 10.0. The van der Waals surface area contributed by atoms with E-state index >= 15 is 0 Å². The Hall–Kier alpha value is -5.94. The van der Waals surface area contributed by atoms with Crippen molar-refractivity contribution in [3.8, 4) is 11.5 Å². The number of hydrogen-bond acceptors (Lipinski definition) is 9. The molecule has 1 aliphatic heterocycles. The summed E-state index contributed by atoms with van der Waals surface area (Å²) >= 11 is 0. The first kappa shape index (κ1) is 38.5. The fourth-order valence-electron chi connectivity index (χ4n) is 4.62. The summed E-state index contributed by atoms with van der Waals surface area (Å²) in [5.41, 5.74) is 1.18. The molecule has 4 rings (SSSR count). The molecule has 1 saturated heterocycles. The van der Waals surface area contributed by atoms with E-state index in [0.717, 1.165) is 0 Å². The number of fused-ring (bicyclic) bond motifs is 1. The lowest BCUT2D eigenvalue weighted by Crippen LogP contribution is -2.53. The number of carbonyl (C=O) groups is 6. The van der Waals surface area contributed by atoms with Crippen LogP contribution in [0.2, 0.25) is 0 Å². The zero-order valence-electron chi connectivity index (χ0n) is 26.7. The van der Waals surface area contributed by atoms with E-state index in [1.54, 1.807) is 44.2 Å². The van der Waals surface area contributed by atoms with E-state index in [4.69, 9.17) is 19.4 Å². The number of aliphatic carboxylic acids is 2. The second-order valence-corrected chi connectivity index (χ2v) is 10.7. The minimum Gasteiger partial charge on any atom is -0.481 e. The fourth-order valence-corrected chi connectivity index (χ4v) is 4.62. The van der Waals surface area contributed by atoms with Crippen molar-refractivity contribution in [3.05, 3.63) is 65.4 Å². The van der Waals surface area contributed by atoms with E-state index in [2.05, 4.69) is 10.3 Å². The molecule has 268 valence electrons. The number of nitrogens with zero attached hydrogens (tertiary/aromatic N) is 3. The van der Waals surface area contributed by atoms with Crippen molar-refractivity contribution in [1.29, 1.82) is 0 Å². The van der Waals surface area contributed by atoms with Crippen LogP contribution in [0.5, 0.6) is 11.5 Å². The molecule has 3 aromatic rings. The van der Waals surface area contributed by atoms with Gasteiger partial charge in [0.05, 0.1) is 17.7 Å². The smallest absolute Gasteiger partial charge is 0.481 e. The third kappa shape index (κ3) is 10.3. The number of ether oxygens (including phenoxy) is 2. The molecule has 2 heterocycles. The molecule has 0 bridgehead atoms. The second kappa shape index (κ2) is 16.9. The van der Waals surface area contributed by atoms with Gasteiger partial charge in [-0.15, -0.1) is 0 Å². The van der Waals surface area contributed by atoms with Crippen LogP contribution >= 0.6 is 0 Å². The zero-order chi connectivity index (χ0) is 37.2. The van der Waals surface area contributed by atoms with Gasteiger partial charge < -0.3 is 39.9 Å². The molecule has 0 saturated carbocycles. The number of alkyl halides is 3. The molecule has 0 spiro atoms. The molecule has 1 unspecified atom stereocenters. The molecule has 50 heavy (non-hydrogen) atoms. The van der Waals surface area contributed by atoms with Gasteiger partial charge in [-0.25, -0.2) is 19.4 Å². The highest BCUT2D eigenvalue weighted by Crippen LogP contribution is 2.32. The molecule has 2 aromatic carbocycles. The van der Waals surface area contributed by atoms with Gasteiger partial charge in [-0.3, -0.25) is 14.4 Å². The first-order valence-corrected chi connectivity index (χ1v) is 15.0. The predicted molar refractivity (Wildman–Crippen MR) is 167 cm³/mol.